The van der Waals surface area contributed by atoms with Crippen molar-refractivity contribution in [1.29, 1.82) is 0 Å². The van der Waals surface area contributed by atoms with Gasteiger partial charge in [0.1, 0.15) is 0 Å². The van der Waals surface area contributed by atoms with Crippen LogP contribution >= 0.6 is 0 Å². The molecule has 2 aliphatic rings. The smallest absolute Gasteiger partial charge is 0.225 e. The van der Waals surface area contributed by atoms with Crippen LogP contribution in [-0.4, -0.2) is 42.1 Å². The molecule has 0 aromatic rings. The Bertz CT molecular complexity index is 283. The number of nitrogens with two attached hydrogens (primary N) is 1. The number of nitrogens with zero attached hydrogens (tertiary/aromatic N) is 1. The van der Waals surface area contributed by atoms with E-state index in [0.29, 0.717) is 12.6 Å². The third-order valence-corrected chi connectivity index (χ3v) is 4.00. The summed E-state index contributed by atoms with van der Waals surface area (Å²) in [6.07, 6.45) is 4.03. The highest BCUT2D eigenvalue weighted by atomic mass is 16.5. The van der Waals surface area contributed by atoms with E-state index in [0.717, 1.165) is 38.8 Å². The summed E-state index contributed by atoms with van der Waals surface area (Å²) < 4.78 is 5.97. The quantitative estimate of drug-likeness (QED) is 0.748. The Balaban J connectivity index is 1.99. The highest BCUT2D eigenvalue weighted by Crippen LogP contribution is 2.34. The summed E-state index contributed by atoms with van der Waals surface area (Å²) in [4.78, 5) is 14.0. The lowest BCUT2D eigenvalue weighted by Crippen LogP contribution is -2.56. The van der Waals surface area contributed by atoms with Crippen molar-refractivity contribution in [3.05, 3.63) is 0 Å². The lowest BCUT2D eigenvalue weighted by atomic mass is 9.81. The van der Waals surface area contributed by atoms with Crippen molar-refractivity contribution in [3.8, 4) is 0 Å². The first-order valence-corrected chi connectivity index (χ1v) is 6.71. The number of ether oxygens (including phenoxy) is 1. The molecule has 1 amide bonds. The lowest BCUT2D eigenvalue weighted by molar-refractivity contribution is -0.159. The third kappa shape index (κ3) is 2.80. The Morgan fingerprint density at radius 2 is 2.06 bits per heavy atom. The van der Waals surface area contributed by atoms with Crippen molar-refractivity contribution in [2.75, 3.05) is 19.7 Å². The van der Waals surface area contributed by atoms with Gasteiger partial charge in [0.2, 0.25) is 5.91 Å². The van der Waals surface area contributed by atoms with Gasteiger partial charge in [-0.15, -0.1) is 0 Å². The standard InChI is InChI=1S/C13H24N2O2/c1-10(2)12(16)15-7-8-17-13(9-15)5-3-11(14)4-6-13/h10-11H,3-9,14H2,1-2H3. The van der Waals surface area contributed by atoms with E-state index in [2.05, 4.69) is 0 Å². The van der Waals surface area contributed by atoms with Gasteiger partial charge in [0.05, 0.1) is 12.2 Å². The van der Waals surface area contributed by atoms with E-state index in [-0.39, 0.29) is 17.4 Å². The van der Waals surface area contributed by atoms with Gasteiger partial charge in [0, 0.05) is 25.0 Å². The van der Waals surface area contributed by atoms with Crippen molar-refractivity contribution >= 4 is 5.91 Å². The molecule has 2 rings (SSSR count). The first-order valence-electron chi connectivity index (χ1n) is 6.71. The molecule has 4 heteroatoms. The van der Waals surface area contributed by atoms with Gasteiger partial charge >= 0.3 is 0 Å². The summed E-state index contributed by atoms with van der Waals surface area (Å²) in [7, 11) is 0. The van der Waals surface area contributed by atoms with Crippen molar-refractivity contribution in [2.45, 2.75) is 51.2 Å². The van der Waals surface area contributed by atoms with Gasteiger partial charge in [-0.1, -0.05) is 13.8 Å². The van der Waals surface area contributed by atoms with Gasteiger partial charge in [-0.25, -0.2) is 0 Å². The van der Waals surface area contributed by atoms with E-state index >= 15 is 0 Å². The molecule has 0 radical (unpaired) electrons. The van der Waals surface area contributed by atoms with Crippen LogP contribution in [0, 0.1) is 5.92 Å². The first-order chi connectivity index (χ1) is 8.02. The predicted molar refractivity (Wildman–Crippen MR) is 66.5 cm³/mol. The summed E-state index contributed by atoms with van der Waals surface area (Å²) in [6.45, 7) is 6.09. The maximum Gasteiger partial charge on any atom is 0.225 e. The van der Waals surface area contributed by atoms with Crippen LogP contribution in [0.2, 0.25) is 0 Å². The fraction of sp³-hybridized carbons (Fsp3) is 0.923. The van der Waals surface area contributed by atoms with Crippen LogP contribution < -0.4 is 5.73 Å². The minimum Gasteiger partial charge on any atom is -0.371 e. The molecule has 0 unspecified atom stereocenters. The summed E-state index contributed by atoms with van der Waals surface area (Å²) in [5, 5.41) is 0. The van der Waals surface area contributed by atoms with Gasteiger partial charge in [-0.2, -0.15) is 0 Å². The predicted octanol–water partition coefficient (Wildman–Crippen LogP) is 1.14. The van der Waals surface area contributed by atoms with E-state index in [9.17, 15) is 4.79 Å². The van der Waals surface area contributed by atoms with E-state index in [1.807, 2.05) is 18.7 Å². The van der Waals surface area contributed by atoms with Crippen LogP contribution in [0.25, 0.3) is 0 Å². The van der Waals surface area contributed by atoms with Crippen molar-refractivity contribution < 1.29 is 9.53 Å². The van der Waals surface area contributed by atoms with E-state index < -0.39 is 0 Å². The average molecular weight is 240 g/mol. The van der Waals surface area contributed by atoms with Crippen LogP contribution in [-0.2, 0) is 9.53 Å². The summed E-state index contributed by atoms with van der Waals surface area (Å²) >= 11 is 0. The summed E-state index contributed by atoms with van der Waals surface area (Å²) in [5.41, 5.74) is 5.83. The number of amides is 1. The average Bonchev–Trinajstić information content (AvgIpc) is 2.32. The van der Waals surface area contributed by atoms with Gasteiger partial charge in [0.25, 0.3) is 0 Å². The molecule has 0 bridgehead atoms. The number of hydrogen-bond acceptors (Lipinski definition) is 3. The molecular weight excluding hydrogens is 216 g/mol. The molecule has 1 saturated carbocycles. The van der Waals surface area contributed by atoms with Gasteiger partial charge in [0.15, 0.2) is 0 Å². The van der Waals surface area contributed by atoms with Crippen LogP contribution in [0.1, 0.15) is 39.5 Å². The fourth-order valence-electron chi connectivity index (χ4n) is 2.87. The van der Waals surface area contributed by atoms with Crippen molar-refractivity contribution in [2.24, 2.45) is 11.7 Å². The molecule has 1 aliphatic heterocycles. The van der Waals surface area contributed by atoms with E-state index in [1.165, 1.54) is 0 Å². The lowest BCUT2D eigenvalue weighted by Gasteiger charge is -2.46. The third-order valence-electron chi connectivity index (χ3n) is 4.00. The molecule has 0 aromatic heterocycles. The molecular formula is C13H24N2O2. The topological polar surface area (TPSA) is 55.6 Å². The Morgan fingerprint density at radius 3 is 2.65 bits per heavy atom. The van der Waals surface area contributed by atoms with E-state index in [1.54, 1.807) is 0 Å². The molecule has 0 aromatic carbocycles. The van der Waals surface area contributed by atoms with Gasteiger partial charge < -0.3 is 15.4 Å². The Labute approximate surface area is 103 Å². The first kappa shape index (κ1) is 12.8. The second-order valence-corrected chi connectivity index (χ2v) is 5.78. The van der Waals surface area contributed by atoms with Gasteiger partial charge in [-0.05, 0) is 25.7 Å². The minimum absolute atomic E-state index is 0.0796. The normalized spacial score (nSPS) is 34.4. The van der Waals surface area contributed by atoms with Crippen molar-refractivity contribution in [3.63, 3.8) is 0 Å². The molecule has 0 atom stereocenters. The molecule has 2 fully saturated rings. The SMILES string of the molecule is CC(C)C(=O)N1CCOC2(CCC(N)CC2)C1. The molecule has 98 valence electrons. The Kier molecular flexibility index (Phi) is 3.73. The maximum atomic E-state index is 12.0. The monoisotopic (exact) mass is 240 g/mol. The second-order valence-electron chi connectivity index (χ2n) is 5.78. The second kappa shape index (κ2) is 4.94. The molecule has 4 nitrogen and oxygen atoms in total. The molecule has 1 aliphatic carbocycles. The highest BCUT2D eigenvalue weighted by Gasteiger charge is 2.40. The molecule has 17 heavy (non-hydrogen) atoms. The zero-order valence-corrected chi connectivity index (χ0v) is 10.9. The number of morpholine rings is 1. The van der Waals surface area contributed by atoms with Crippen LogP contribution in [0.5, 0.6) is 0 Å². The number of rotatable bonds is 1. The molecule has 1 spiro atoms. The highest BCUT2D eigenvalue weighted by molar-refractivity contribution is 5.78. The zero-order valence-electron chi connectivity index (χ0n) is 10.9. The largest absolute Gasteiger partial charge is 0.371 e. The molecule has 2 N–H and O–H groups in total. The zero-order chi connectivity index (χ0) is 12.5. The summed E-state index contributed by atoms with van der Waals surface area (Å²) in [5.74, 6) is 0.332. The fourth-order valence-corrected chi connectivity index (χ4v) is 2.87. The van der Waals surface area contributed by atoms with Crippen molar-refractivity contribution in [1.82, 2.24) is 4.90 Å². The summed E-state index contributed by atoms with van der Waals surface area (Å²) in [6, 6.07) is 0.320. The Morgan fingerprint density at radius 1 is 1.41 bits per heavy atom. The molecule has 1 saturated heterocycles. The van der Waals surface area contributed by atoms with E-state index in [4.69, 9.17) is 10.5 Å². The number of hydrogen-bond donors (Lipinski definition) is 1. The van der Waals surface area contributed by atoms with Crippen LogP contribution in [0.4, 0.5) is 0 Å². The Hall–Kier alpha value is -0.610. The molecule has 1 heterocycles. The maximum absolute atomic E-state index is 12.0. The van der Waals surface area contributed by atoms with Crippen LogP contribution in [0.3, 0.4) is 0 Å². The number of carbonyl (C=O) groups excluding carboxylic acids is 1. The van der Waals surface area contributed by atoms with Crippen LogP contribution in [0.15, 0.2) is 0 Å². The number of carbonyl (C=O) groups is 1. The van der Waals surface area contributed by atoms with Gasteiger partial charge in [-0.3, -0.25) is 4.79 Å². The minimum atomic E-state index is -0.0985.